The molecule has 0 spiro atoms. The zero-order valence-corrected chi connectivity index (χ0v) is 23.7. The number of carbonyl (C=O) groups excluding carboxylic acids is 1. The summed E-state index contributed by atoms with van der Waals surface area (Å²) < 4.78 is 10.6. The highest BCUT2D eigenvalue weighted by Gasteiger charge is 2.11. The first kappa shape index (κ1) is 31.3. The maximum Gasteiger partial charge on any atom is 0.417 e. The van der Waals surface area contributed by atoms with Crippen molar-refractivity contribution in [2.45, 2.75) is 110 Å². The maximum atomic E-state index is 12.4. The summed E-state index contributed by atoms with van der Waals surface area (Å²) in [6.45, 7) is 3.04. The van der Waals surface area contributed by atoms with Crippen molar-refractivity contribution >= 4 is 17.5 Å². The molecule has 6 heteroatoms. The smallest absolute Gasteiger partial charge is 0.417 e. The normalized spacial score (nSPS) is 10.8. The van der Waals surface area contributed by atoms with Gasteiger partial charge in [0.1, 0.15) is 11.5 Å². The van der Waals surface area contributed by atoms with Crippen molar-refractivity contribution in [3.63, 3.8) is 0 Å². The number of unbranched alkanes of at least 4 members (excludes halogenated alkanes) is 15. The molecular weight excluding hydrogens is 476 g/mol. The topological polar surface area (TPSA) is 79.8 Å². The van der Waals surface area contributed by atoms with E-state index in [-0.39, 0.29) is 5.75 Å². The number of rotatable bonds is 21. The molecule has 6 nitrogen and oxygen atoms in total. The molecule has 0 aliphatic heterocycles. The molecule has 38 heavy (non-hydrogen) atoms. The van der Waals surface area contributed by atoms with Gasteiger partial charge in [0.05, 0.1) is 12.8 Å². The van der Waals surface area contributed by atoms with Gasteiger partial charge in [-0.15, -0.1) is 0 Å². The number of nitrogens with one attached hydrogen (secondary N) is 2. The van der Waals surface area contributed by atoms with Crippen LogP contribution < -0.4 is 20.1 Å². The van der Waals surface area contributed by atoms with Crippen molar-refractivity contribution in [2.24, 2.45) is 0 Å². The van der Waals surface area contributed by atoms with E-state index in [9.17, 15) is 9.90 Å². The van der Waals surface area contributed by atoms with Crippen molar-refractivity contribution in [3.05, 3.63) is 42.5 Å². The molecule has 0 radical (unpaired) electrons. The second-order valence-electron chi connectivity index (χ2n) is 10.2. The Morgan fingerprint density at radius 3 is 1.79 bits per heavy atom. The van der Waals surface area contributed by atoms with E-state index in [0.29, 0.717) is 22.9 Å². The van der Waals surface area contributed by atoms with Crippen LogP contribution in [0.2, 0.25) is 0 Å². The lowest BCUT2D eigenvalue weighted by molar-refractivity contribution is 0.215. The van der Waals surface area contributed by atoms with E-state index in [1.54, 1.807) is 43.5 Å². The van der Waals surface area contributed by atoms with Gasteiger partial charge in [-0.2, -0.15) is 0 Å². The third kappa shape index (κ3) is 14.2. The quantitative estimate of drug-likeness (QED) is 0.141. The van der Waals surface area contributed by atoms with Crippen LogP contribution in [0.15, 0.2) is 42.5 Å². The lowest BCUT2D eigenvalue weighted by atomic mass is 10.0. The molecule has 1 amide bonds. The number of amides is 1. The first-order chi connectivity index (χ1) is 18.6. The van der Waals surface area contributed by atoms with Crippen molar-refractivity contribution in [3.8, 4) is 17.2 Å². The molecular formula is C32H50N2O4. The molecule has 3 N–H and O–H groups in total. The average Bonchev–Trinajstić information content (AvgIpc) is 2.92. The number of phenolic OH excluding ortho intramolecular Hbond substituents is 1. The minimum Gasteiger partial charge on any atom is -0.508 e. The molecule has 0 saturated carbocycles. The fourth-order valence-corrected chi connectivity index (χ4v) is 4.56. The van der Waals surface area contributed by atoms with Gasteiger partial charge in [-0.25, -0.2) is 4.79 Å². The van der Waals surface area contributed by atoms with E-state index in [4.69, 9.17) is 9.47 Å². The van der Waals surface area contributed by atoms with Crippen molar-refractivity contribution in [1.29, 1.82) is 0 Å². The zero-order valence-electron chi connectivity index (χ0n) is 23.7. The number of benzene rings is 2. The average molecular weight is 527 g/mol. The summed E-state index contributed by atoms with van der Waals surface area (Å²) >= 11 is 0. The van der Waals surface area contributed by atoms with Crippen LogP contribution >= 0.6 is 0 Å². The Kier molecular flexibility index (Phi) is 16.6. The Labute approximate surface area is 230 Å². The third-order valence-electron chi connectivity index (χ3n) is 6.85. The van der Waals surface area contributed by atoms with Gasteiger partial charge in [0.25, 0.3) is 0 Å². The van der Waals surface area contributed by atoms with Crippen LogP contribution in [0.25, 0.3) is 0 Å². The molecule has 2 rings (SSSR count). The fourth-order valence-electron chi connectivity index (χ4n) is 4.56. The van der Waals surface area contributed by atoms with E-state index in [1.165, 1.54) is 96.0 Å². The van der Waals surface area contributed by atoms with Gasteiger partial charge in [-0.3, -0.25) is 5.32 Å². The summed E-state index contributed by atoms with van der Waals surface area (Å²) in [7, 11) is 1.59. The van der Waals surface area contributed by atoms with E-state index in [1.807, 2.05) is 0 Å². The Bertz CT molecular complexity index is 886. The zero-order chi connectivity index (χ0) is 27.3. The number of anilines is 2. The molecule has 0 saturated heterocycles. The lowest BCUT2D eigenvalue weighted by Gasteiger charge is -2.13. The van der Waals surface area contributed by atoms with E-state index >= 15 is 0 Å². The molecule has 0 bridgehead atoms. The molecule has 2 aromatic carbocycles. The molecule has 0 fully saturated rings. The predicted octanol–water partition coefficient (Wildman–Crippen LogP) is 9.69. The van der Waals surface area contributed by atoms with E-state index in [2.05, 4.69) is 17.6 Å². The summed E-state index contributed by atoms with van der Waals surface area (Å²) in [5, 5.41) is 15.9. The number of hydrogen-bond donors (Lipinski definition) is 3. The standard InChI is InChI=1S/C32H50N2O4/c1-3-4-5-6-7-8-9-10-11-12-13-14-15-16-17-18-25-33-30-26-28(35)21-24-31(30)38-32(36)34-27-19-22-29(37-2)23-20-27/h19-24,26,33,35H,3-18,25H2,1-2H3,(H,34,36). The number of aromatic hydroxyl groups is 1. The summed E-state index contributed by atoms with van der Waals surface area (Å²) in [6.07, 6.45) is 20.9. The summed E-state index contributed by atoms with van der Waals surface area (Å²) in [4.78, 5) is 12.4. The Hall–Kier alpha value is -2.89. The molecule has 0 aliphatic carbocycles. The minimum absolute atomic E-state index is 0.127. The summed E-state index contributed by atoms with van der Waals surface area (Å²) in [5.74, 6) is 1.22. The van der Waals surface area contributed by atoms with E-state index < -0.39 is 6.09 Å². The largest absolute Gasteiger partial charge is 0.508 e. The van der Waals surface area contributed by atoms with Crippen molar-refractivity contribution in [1.82, 2.24) is 0 Å². The van der Waals surface area contributed by atoms with Crippen LogP contribution in [0.3, 0.4) is 0 Å². The maximum absolute atomic E-state index is 12.4. The molecule has 0 aromatic heterocycles. The number of carbonyl (C=O) groups is 1. The second kappa shape index (κ2) is 20.1. The van der Waals surface area contributed by atoms with Gasteiger partial charge in [-0.1, -0.05) is 103 Å². The molecule has 0 aliphatic rings. The number of methoxy groups -OCH3 is 1. The predicted molar refractivity (Wildman–Crippen MR) is 159 cm³/mol. The van der Waals surface area contributed by atoms with Crippen molar-refractivity contribution < 1.29 is 19.4 Å². The van der Waals surface area contributed by atoms with Gasteiger partial charge in [-0.05, 0) is 42.8 Å². The Balaban J connectivity index is 1.53. The van der Waals surface area contributed by atoms with Crippen LogP contribution in [0.5, 0.6) is 17.2 Å². The van der Waals surface area contributed by atoms with Crippen LogP contribution in [-0.4, -0.2) is 24.9 Å². The van der Waals surface area contributed by atoms with Gasteiger partial charge in [0.2, 0.25) is 0 Å². The Morgan fingerprint density at radius 2 is 1.26 bits per heavy atom. The number of hydrogen-bond acceptors (Lipinski definition) is 5. The second-order valence-corrected chi connectivity index (χ2v) is 10.2. The highest BCUT2D eigenvalue weighted by molar-refractivity contribution is 5.87. The van der Waals surface area contributed by atoms with Gasteiger partial charge >= 0.3 is 6.09 Å². The summed E-state index contributed by atoms with van der Waals surface area (Å²) in [5.41, 5.74) is 1.22. The Morgan fingerprint density at radius 1 is 0.737 bits per heavy atom. The molecule has 0 unspecified atom stereocenters. The van der Waals surface area contributed by atoms with Crippen LogP contribution in [0, 0.1) is 0 Å². The number of ether oxygens (including phenoxy) is 2. The first-order valence-corrected chi connectivity index (χ1v) is 14.8. The SMILES string of the molecule is CCCCCCCCCCCCCCCCCCNc1cc(O)ccc1OC(=O)Nc1ccc(OC)cc1. The fraction of sp³-hybridized carbons (Fsp3) is 0.594. The number of phenols is 1. The van der Waals surface area contributed by atoms with Gasteiger partial charge in [0.15, 0.2) is 5.75 Å². The molecule has 212 valence electrons. The van der Waals surface area contributed by atoms with Gasteiger partial charge in [0, 0.05) is 18.3 Å². The molecule has 0 heterocycles. The van der Waals surface area contributed by atoms with Crippen LogP contribution in [0.1, 0.15) is 110 Å². The highest BCUT2D eigenvalue weighted by Crippen LogP contribution is 2.29. The van der Waals surface area contributed by atoms with Crippen molar-refractivity contribution in [2.75, 3.05) is 24.3 Å². The molecule has 2 aromatic rings. The third-order valence-corrected chi connectivity index (χ3v) is 6.85. The monoisotopic (exact) mass is 526 g/mol. The highest BCUT2D eigenvalue weighted by atomic mass is 16.6. The summed E-state index contributed by atoms with van der Waals surface area (Å²) in [6, 6.07) is 11.7. The minimum atomic E-state index is -0.591. The van der Waals surface area contributed by atoms with E-state index in [0.717, 1.165) is 19.4 Å². The van der Waals surface area contributed by atoms with Gasteiger partial charge < -0.3 is 19.9 Å². The van der Waals surface area contributed by atoms with Crippen LogP contribution in [-0.2, 0) is 0 Å². The van der Waals surface area contributed by atoms with Crippen LogP contribution in [0.4, 0.5) is 16.2 Å². The molecule has 0 atom stereocenters. The first-order valence-electron chi connectivity index (χ1n) is 14.8. The lowest BCUT2D eigenvalue weighted by Crippen LogP contribution is -2.17.